The lowest BCUT2D eigenvalue weighted by Crippen LogP contribution is -2.63. The van der Waals surface area contributed by atoms with Crippen molar-refractivity contribution in [2.45, 2.75) is 183 Å². The number of aromatic hydroxyl groups is 1. The second-order valence-corrected chi connectivity index (χ2v) is 31.7. The Bertz CT molecular complexity index is 4480. The molecule has 1 fully saturated rings. The van der Waals surface area contributed by atoms with Crippen LogP contribution in [0.3, 0.4) is 0 Å². The van der Waals surface area contributed by atoms with E-state index in [-0.39, 0.29) is 81.9 Å². The predicted octanol–water partition coefficient (Wildman–Crippen LogP) is 1.88. The number of phenolic OH excluding ortho intramolecular Hbond substituents is 1. The van der Waals surface area contributed by atoms with Crippen molar-refractivity contribution in [3.8, 4) is 5.75 Å². The highest BCUT2D eigenvalue weighted by atomic mass is 33.1. The summed E-state index contributed by atoms with van der Waals surface area (Å²) in [6, 6.07) is 33.3. The normalized spacial score (nSPS) is 22.4. The number of unbranched alkanes of at least 4 members (excludes halogenated alkanes) is 1. The van der Waals surface area contributed by atoms with Crippen molar-refractivity contribution < 1.29 is 83.1 Å². The number of fused-ring (bicyclic) bond motifs is 1. The lowest BCUT2D eigenvalue weighted by atomic mass is 9.98. The number of rotatable bonds is 25. The summed E-state index contributed by atoms with van der Waals surface area (Å²) in [4.78, 5) is 177. The number of hydrogen-bond acceptors (Lipinski definition) is 20. The van der Waals surface area contributed by atoms with Crippen molar-refractivity contribution in [3.63, 3.8) is 0 Å². The van der Waals surface area contributed by atoms with Gasteiger partial charge >= 0.3 is 5.97 Å². The van der Waals surface area contributed by atoms with Gasteiger partial charge in [0.1, 0.15) is 72.2 Å². The average molecular weight is 1640 g/mol. The molecule has 7 aromatic rings. The van der Waals surface area contributed by atoms with Crippen LogP contribution in [0.5, 0.6) is 5.75 Å². The van der Waals surface area contributed by atoms with Gasteiger partial charge in [-0.2, -0.15) is 0 Å². The maximum absolute atomic E-state index is 15.7. The van der Waals surface area contributed by atoms with Crippen LogP contribution in [0.4, 0.5) is 0 Å². The molecule has 11 amide bonds. The smallest absolute Gasteiger partial charge is 0.327 e. The van der Waals surface area contributed by atoms with E-state index in [4.69, 9.17) is 5.73 Å². The minimum Gasteiger partial charge on any atom is -0.508 e. The number of carbonyl (C=O) groups is 12. The lowest BCUT2D eigenvalue weighted by Gasteiger charge is -2.29. The van der Waals surface area contributed by atoms with E-state index in [1.165, 1.54) is 19.1 Å². The first kappa shape index (κ1) is 91.3. The number of carboxylic acids is 1. The zero-order chi connectivity index (χ0) is 84.5. The van der Waals surface area contributed by atoms with Gasteiger partial charge in [0.05, 0.1) is 18.8 Å². The molecule has 13 atom stereocenters. The van der Waals surface area contributed by atoms with Gasteiger partial charge in [0.25, 0.3) is 0 Å². The molecule has 32 heteroatoms. The Hall–Kier alpha value is -11.3. The van der Waals surface area contributed by atoms with Gasteiger partial charge in [0, 0.05) is 62.6 Å². The molecule has 8 rings (SSSR count). The zero-order valence-corrected chi connectivity index (χ0v) is 67.2. The third-order valence-electron chi connectivity index (χ3n) is 19.4. The molecule has 0 aliphatic carbocycles. The van der Waals surface area contributed by atoms with E-state index in [2.05, 4.69) is 63.8 Å². The highest BCUT2D eigenvalue weighted by Gasteiger charge is 2.39. The molecular formula is C85H105N13O17S2. The highest BCUT2D eigenvalue weighted by Crippen LogP contribution is 2.25. The summed E-state index contributed by atoms with van der Waals surface area (Å²) < 4.78 is 0. The molecule has 117 heavy (non-hydrogen) atoms. The van der Waals surface area contributed by atoms with Crippen LogP contribution in [-0.4, -0.2) is 206 Å². The molecule has 0 radical (unpaired) electrons. The van der Waals surface area contributed by atoms with Gasteiger partial charge in [-0.3, -0.25) is 52.7 Å². The standard InChI is InChI=1S/C85H105N13O17S2/c1-50(2)87-46-58-29-27-57(28-30-58)44-66-79(108)97-73(51(3)100)83(112)94-67(43-56-22-12-7-13-23-56)80(109)98-74(52(4)101)84(113)95-69(47-99)81(110)96-71(85(114)115)49-117-116-48-70(88-72(103)38-34-53-32-36-62(102)37-33-53)82(111)89-63(26-16-17-39-86)75(104)90-64(41-54-18-8-5-9-19-54)76(105)91-65(42-55-20-10-6-11-21-55)77(106)93-68(78(107)92-66)45-59-31-35-60-24-14-15-25-61(60)40-59/h5-15,18-25,27-33,35-37,40,50-52,63-71,73-74,87,99-102H,16-17,26,34,38-39,41-49,86H2,1-4H3,(H,88,103)(H,89,111)(H,90,104)(H,91,105)(H,92,107)(H,93,106)(H,94,112)(H,95,113)(H,96,110)(H,97,108)(H,98,109)(H,114,115)/t51-,52-,63+,64+,65+,66+,67+,68-,69+,70-,71-,73-,74+/m1/s1. The van der Waals surface area contributed by atoms with E-state index in [1.807, 2.05) is 62.4 Å². The van der Waals surface area contributed by atoms with Crippen molar-refractivity contribution in [1.29, 1.82) is 0 Å². The van der Waals surface area contributed by atoms with Crippen LogP contribution in [0.15, 0.2) is 182 Å². The zero-order valence-electron chi connectivity index (χ0n) is 65.5. The van der Waals surface area contributed by atoms with E-state index < -0.39 is 162 Å². The van der Waals surface area contributed by atoms with Crippen molar-refractivity contribution in [3.05, 3.63) is 221 Å². The molecular weight excluding hydrogens is 1540 g/mol. The van der Waals surface area contributed by atoms with Crippen LogP contribution in [0, 0.1) is 0 Å². The summed E-state index contributed by atoms with van der Waals surface area (Å²) in [7, 11) is 1.72. The molecule has 19 N–H and O–H groups in total. The summed E-state index contributed by atoms with van der Waals surface area (Å²) in [5, 5.41) is 87.4. The number of carboxylic acid groups (broad SMARTS) is 1. The average Bonchev–Trinajstić information content (AvgIpc) is 0.835. The van der Waals surface area contributed by atoms with Gasteiger partial charge in [0.2, 0.25) is 65.0 Å². The van der Waals surface area contributed by atoms with E-state index in [1.54, 1.807) is 121 Å². The Labute approximate surface area is 686 Å². The largest absolute Gasteiger partial charge is 0.508 e. The van der Waals surface area contributed by atoms with Crippen molar-refractivity contribution in [2.75, 3.05) is 24.7 Å². The molecule has 1 aliphatic rings. The number of aliphatic hydroxyl groups is 3. The Morgan fingerprint density at radius 2 is 0.812 bits per heavy atom. The summed E-state index contributed by atoms with van der Waals surface area (Å²) >= 11 is 0. The maximum Gasteiger partial charge on any atom is 0.327 e. The Morgan fingerprint density at radius 1 is 0.427 bits per heavy atom. The lowest BCUT2D eigenvalue weighted by molar-refractivity contribution is -0.142. The molecule has 7 aromatic carbocycles. The van der Waals surface area contributed by atoms with E-state index >= 15 is 24.0 Å². The van der Waals surface area contributed by atoms with Gasteiger partial charge in [-0.05, 0) is 108 Å². The number of nitrogens with two attached hydrogens (primary N) is 1. The SMILES string of the molecule is CC(C)NCc1ccc(C[C@@H]2NC(=O)[C@@H](Cc3ccc4ccccc4c3)NC(=O)[C@H](Cc3ccccc3)NC(=O)[C@H](Cc3ccccc3)NC(=O)[C@H](CCCCN)NC(=O)[C@H](NC(=O)CCc3ccc(O)cc3)CSSC[C@H](C(=O)O)NC(=O)[C@H](CO)NC(=O)[C@H]([C@@H](C)O)NC(=O)[C@H](Cc3ccccc3)NC(=O)[C@@H]([C@@H](C)O)NC2=O)cc1. The van der Waals surface area contributed by atoms with Gasteiger partial charge < -0.3 is 95.1 Å². The summed E-state index contributed by atoms with van der Waals surface area (Å²) in [6.45, 7) is 5.78. The van der Waals surface area contributed by atoms with Gasteiger partial charge in [-0.25, -0.2) is 4.79 Å². The number of hydrogen-bond donors (Lipinski definition) is 18. The van der Waals surface area contributed by atoms with Crippen LogP contribution in [0.1, 0.15) is 92.3 Å². The van der Waals surface area contributed by atoms with Gasteiger partial charge in [-0.15, -0.1) is 0 Å². The minimum atomic E-state index is -1.95. The fourth-order valence-electron chi connectivity index (χ4n) is 12.8. The van der Waals surface area contributed by atoms with E-state index in [0.717, 1.165) is 44.8 Å². The molecule has 30 nitrogen and oxygen atoms in total. The molecule has 0 bridgehead atoms. The number of aliphatic carboxylic acids is 1. The Balaban J connectivity index is 1.22. The second-order valence-electron chi connectivity index (χ2n) is 29.1. The van der Waals surface area contributed by atoms with Crippen LogP contribution in [-0.2, 0) is 103 Å². The molecule has 624 valence electrons. The molecule has 0 unspecified atom stereocenters. The monoisotopic (exact) mass is 1640 g/mol. The third-order valence-corrected chi connectivity index (χ3v) is 21.8. The van der Waals surface area contributed by atoms with Crippen LogP contribution in [0.25, 0.3) is 10.8 Å². The molecule has 0 saturated carbocycles. The fraction of sp³-hybridized carbons (Fsp3) is 0.388. The number of benzene rings is 7. The summed E-state index contributed by atoms with van der Waals surface area (Å²) in [5.41, 5.74) is 10.1. The first-order valence-electron chi connectivity index (χ1n) is 38.8. The topological polar surface area (TPSA) is 476 Å². The van der Waals surface area contributed by atoms with Crippen molar-refractivity contribution >= 4 is 103 Å². The minimum absolute atomic E-state index is 0.00990. The van der Waals surface area contributed by atoms with E-state index in [0.29, 0.717) is 46.3 Å². The first-order valence-corrected chi connectivity index (χ1v) is 41.3. The molecule has 1 heterocycles. The quantitative estimate of drug-likeness (QED) is 0.0287. The number of carbonyl (C=O) groups excluding carboxylic acids is 11. The number of aryl methyl sites for hydroxylation is 1. The van der Waals surface area contributed by atoms with Crippen LogP contribution < -0.4 is 69.5 Å². The molecule has 0 spiro atoms. The van der Waals surface area contributed by atoms with Crippen LogP contribution >= 0.6 is 21.6 Å². The Kier molecular flexibility index (Phi) is 36.3. The first-order chi connectivity index (χ1) is 56.1. The fourth-order valence-corrected chi connectivity index (χ4v) is 15.1. The molecule has 0 aromatic heterocycles. The van der Waals surface area contributed by atoms with Crippen molar-refractivity contribution in [1.82, 2.24) is 63.8 Å². The molecule has 1 aliphatic heterocycles. The van der Waals surface area contributed by atoms with Gasteiger partial charge in [-0.1, -0.05) is 205 Å². The number of aliphatic hydroxyl groups excluding tert-OH is 3. The van der Waals surface area contributed by atoms with Gasteiger partial charge in [0.15, 0.2) is 0 Å². The van der Waals surface area contributed by atoms with Crippen LogP contribution in [0.2, 0.25) is 0 Å². The second kappa shape index (κ2) is 46.5. The van der Waals surface area contributed by atoms with Crippen molar-refractivity contribution in [2.24, 2.45) is 5.73 Å². The maximum atomic E-state index is 15.7. The Morgan fingerprint density at radius 3 is 1.27 bits per heavy atom. The highest BCUT2D eigenvalue weighted by molar-refractivity contribution is 8.76. The number of amides is 11. The molecule has 1 saturated heterocycles. The number of phenols is 1. The van der Waals surface area contributed by atoms with E-state index in [9.17, 15) is 59.1 Å². The summed E-state index contributed by atoms with van der Waals surface area (Å²) in [6.07, 6.45) is -4.12. The summed E-state index contributed by atoms with van der Waals surface area (Å²) in [5.74, 6) is -13.2. The third kappa shape index (κ3) is 29.8. The number of nitrogens with one attached hydrogen (secondary N) is 12. The predicted molar refractivity (Wildman–Crippen MR) is 444 cm³/mol.